The first-order valence-corrected chi connectivity index (χ1v) is 7.22. The van der Waals surface area contributed by atoms with E-state index in [-0.39, 0.29) is 5.97 Å². The predicted octanol–water partition coefficient (Wildman–Crippen LogP) is 1.65. The molecule has 1 rings (SSSR count). The van der Waals surface area contributed by atoms with Gasteiger partial charge in [0.15, 0.2) is 0 Å². The van der Waals surface area contributed by atoms with Crippen molar-refractivity contribution in [1.29, 1.82) is 0 Å². The van der Waals surface area contributed by atoms with Crippen molar-refractivity contribution in [2.75, 3.05) is 33.3 Å². The van der Waals surface area contributed by atoms with Gasteiger partial charge in [0.25, 0.3) is 0 Å². The van der Waals surface area contributed by atoms with E-state index in [4.69, 9.17) is 4.74 Å². The molecule has 0 amide bonds. The van der Waals surface area contributed by atoms with Gasteiger partial charge in [-0.1, -0.05) is 20.3 Å². The normalized spacial score (nSPS) is 25.1. The summed E-state index contributed by atoms with van der Waals surface area (Å²) < 4.78 is 4.71. The number of hydrogen-bond acceptors (Lipinski definition) is 4. The summed E-state index contributed by atoms with van der Waals surface area (Å²) in [5, 5.41) is 3.55. The Morgan fingerprint density at radius 2 is 2.17 bits per heavy atom. The van der Waals surface area contributed by atoms with Gasteiger partial charge >= 0.3 is 5.97 Å². The second kappa shape index (κ2) is 8.48. The Hall–Kier alpha value is -0.610. The molecule has 0 aromatic carbocycles. The monoisotopic (exact) mass is 256 g/mol. The Morgan fingerprint density at radius 1 is 1.39 bits per heavy atom. The quantitative estimate of drug-likeness (QED) is 0.703. The van der Waals surface area contributed by atoms with Crippen LogP contribution >= 0.6 is 0 Å². The molecule has 0 saturated carbocycles. The Bertz CT molecular complexity index is 232. The van der Waals surface area contributed by atoms with Crippen LogP contribution in [-0.4, -0.2) is 50.2 Å². The first-order chi connectivity index (χ1) is 8.69. The molecule has 1 heterocycles. The number of nitrogens with one attached hydrogen (secondary N) is 1. The molecule has 2 atom stereocenters. The summed E-state index contributed by atoms with van der Waals surface area (Å²) in [5.41, 5.74) is 0. The number of likely N-dealkylation sites (tertiary alicyclic amines) is 1. The summed E-state index contributed by atoms with van der Waals surface area (Å²) in [5.74, 6) is 0.665. The minimum absolute atomic E-state index is 0.104. The summed E-state index contributed by atoms with van der Waals surface area (Å²) in [6, 6.07) is 0.581. The molecular formula is C14H28N2O2. The SMILES string of the molecule is CCCC1CC(NCC)CN(CCC(=O)OC)C1. The van der Waals surface area contributed by atoms with Gasteiger partial charge in [0.05, 0.1) is 13.5 Å². The second-order valence-electron chi connectivity index (χ2n) is 5.23. The van der Waals surface area contributed by atoms with E-state index in [1.54, 1.807) is 0 Å². The number of hydrogen-bond donors (Lipinski definition) is 1. The van der Waals surface area contributed by atoms with Crippen molar-refractivity contribution >= 4 is 5.97 Å². The number of esters is 1. The van der Waals surface area contributed by atoms with Crippen molar-refractivity contribution in [1.82, 2.24) is 10.2 Å². The third kappa shape index (κ3) is 5.36. The summed E-state index contributed by atoms with van der Waals surface area (Å²) in [7, 11) is 1.46. The van der Waals surface area contributed by atoms with Gasteiger partial charge in [0, 0.05) is 25.7 Å². The lowest BCUT2D eigenvalue weighted by Crippen LogP contribution is -2.49. The number of carbonyl (C=O) groups is 1. The molecule has 1 fully saturated rings. The van der Waals surface area contributed by atoms with Gasteiger partial charge in [0.1, 0.15) is 0 Å². The Balaban J connectivity index is 2.42. The number of piperidine rings is 1. The Labute approximate surface area is 111 Å². The van der Waals surface area contributed by atoms with Crippen molar-refractivity contribution in [3.63, 3.8) is 0 Å². The van der Waals surface area contributed by atoms with E-state index in [1.165, 1.54) is 26.4 Å². The average molecular weight is 256 g/mol. The van der Waals surface area contributed by atoms with Gasteiger partial charge in [-0.3, -0.25) is 4.79 Å². The number of rotatable bonds is 7. The predicted molar refractivity (Wildman–Crippen MR) is 73.6 cm³/mol. The van der Waals surface area contributed by atoms with Crippen molar-refractivity contribution in [3.05, 3.63) is 0 Å². The van der Waals surface area contributed by atoms with Gasteiger partial charge in [0.2, 0.25) is 0 Å². The molecule has 1 aliphatic heterocycles. The zero-order valence-electron chi connectivity index (χ0n) is 12.1. The Morgan fingerprint density at radius 3 is 2.78 bits per heavy atom. The summed E-state index contributed by atoms with van der Waals surface area (Å²) >= 11 is 0. The highest BCUT2D eigenvalue weighted by Gasteiger charge is 2.26. The molecular weight excluding hydrogens is 228 g/mol. The van der Waals surface area contributed by atoms with Crippen LogP contribution in [0.25, 0.3) is 0 Å². The summed E-state index contributed by atoms with van der Waals surface area (Å²) in [6.45, 7) is 8.44. The lowest BCUT2D eigenvalue weighted by atomic mass is 9.90. The third-order valence-electron chi connectivity index (χ3n) is 3.66. The van der Waals surface area contributed by atoms with E-state index in [0.29, 0.717) is 12.5 Å². The molecule has 4 nitrogen and oxygen atoms in total. The number of ether oxygens (including phenoxy) is 1. The van der Waals surface area contributed by atoms with Crippen LogP contribution in [0, 0.1) is 5.92 Å². The molecule has 2 unspecified atom stereocenters. The highest BCUT2D eigenvalue weighted by atomic mass is 16.5. The summed E-state index contributed by atoms with van der Waals surface area (Å²) in [4.78, 5) is 13.6. The molecule has 0 aromatic rings. The van der Waals surface area contributed by atoms with Crippen LogP contribution < -0.4 is 5.32 Å². The van der Waals surface area contributed by atoms with Gasteiger partial charge < -0.3 is 15.0 Å². The highest BCUT2D eigenvalue weighted by molar-refractivity contribution is 5.69. The van der Waals surface area contributed by atoms with E-state index in [0.717, 1.165) is 32.1 Å². The van der Waals surface area contributed by atoms with Crippen molar-refractivity contribution in [2.24, 2.45) is 5.92 Å². The molecule has 0 aliphatic carbocycles. The zero-order valence-corrected chi connectivity index (χ0v) is 12.1. The van der Waals surface area contributed by atoms with Crippen LogP contribution in [0.5, 0.6) is 0 Å². The maximum Gasteiger partial charge on any atom is 0.306 e. The highest BCUT2D eigenvalue weighted by Crippen LogP contribution is 2.21. The maximum absolute atomic E-state index is 11.2. The first-order valence-electron chi connectivity index (χ1n) is 7.22. The van der Waals surface area contributed by atoms with Crippen LogP contribution in [0.15, 0.2) is 0 Å². The fourth-order valence-electron chi connectivity index (χ4n) is 2.89. The molecule has 0 aromatic heterocycles. The summed E-state index contributed by atoms with van der Waals surface area (Å²) in [6.07, 6.45) is 4.32. The smallest absolute Gasteiger partial charge is 0.306 e. The number of methoxy groups -OCH3 is 1. The fourth-order valence-corrected chi connectivity index (χ4v) is 2.89. The first kappa shape index (κ1) is 15.4. The van der Waals surface area contributed by atoms with Crippen LogP contribution in [0.1, 0.15) is 39.5 Å². The number of carbonyl (C=O) groups excluding carboxylic acids is 1. The minimum Gasteiger partial charge on any atom is -0.469 e. The van der Waals surface area contributed by atoms with Crippen LogP contribution in [0.3, 0.4) is 0 Å². The zero-order chi connectivity index (χ0) is 13.4. The van der Waals surface area contributed by atoms with E-state index in [2.05, 4.69) is 24.1 Å². The standard InChI is InChI=1S/C14H28N2O2/c1-4-6-12-9-13(15-5-2)11-16(10-12)8-7-14(17)18-3/h12-13,15H,4-11H2,1-3H3. The third-order valence-corrected chi connectivity index (χ3v) is 3.66. The topological polar surface area (TPSA) is 41.6 Å². The van der Waals surface area contributed by atoms with E-state index < -0.39 is 0 Å². The largest absolute Gasteiger partial charge is 0.469 e. The van der Waals surface area contributed by atoms with Gasteiger partial charge in [-0.2, -0.15) is 0 Å². The molecule has 0 spiro atoms. The molecule has 1 aliphatic rings. The molecule has 106 valence electrons. The van der Waals surface area contributed by atoms with Crippen molar-refractivity contribution in [2.45, 2.75) is 45.6 Å². The number of likely N-dealkylation sites (N-methyl/N-ethyl adjacent to an activating group) is 1. The number of nitrogens with zero attached hydrogens (tertiary/aromatic N) is 1. The molecule has 0 radical (unpaired) electrons. The van der Waals surface area contributed by atoms with Gasteiger partial charge in [-0.25, -0.2) is 0 Å². The van der Waals surface area contributed by atoms with E-state index in [1.807, 2.05) is 0 Å². The van der Waals surface area contributed by atoms with E-state index in [9.17, 15) is 4.79 Å². The molecule has 1 saturated heterocycles. The van der Waals surface area contributed by atoms with Gasteiger partial charge in [-0.15, -0.1) is 0 Å². The molecule has 0 bridgehead atoms. The lowest BCUT2D eigenvalue weighted by Gasteiger charge is -2.38. The maximum atomic E-state index is 11.2. The second-order valence-corrected chi connectivity index (χ2v) is 5.23. The van der Waals surface area contributed by atoms with Gasteiger partial charge in [-0.05, 0) is 25.3 Å². The molecule has 18 heavy (non-hydrogen) atoms. The van der Waals surface area contributed by atoms with Crippen LogP contribution in [0.4, 0.5) is 0 Å². The van der Waals surface area contributed by atoms with Crippen molar-refractivity contribution < 1.29 is 9.53 Å². The average Bonchev–Trinajstić information content (AvgIpc) is 2.36. The minimum atomic E-state index is -0.104. The van der Waals surface area contributed by atoms with E-state index >= 15 is 0 Å². The fraction of sp³-hybridized carbons (Fsp3) is 0.929. The van der Waals surface area contributed by atoms with Crippen molar-refractivity contribution in [3.8, 4) is 0 Å². The molecule has 1 N–H and O–H groups in total. The van der Waals surface area contributed by atoms with Crippen LogP contribution in [0.2, 0.25) is 0 Å². The Kier molecular flexibility index (Phi) is 7.28. The van der Waals surface area contributed by atoms with Crippen LogP contribution in [-0.2, 0) is 9.53 Å². The molecule has 4 heteroatoms. The lowest BCUT2D eigenvalue weighted by molar-refractivity contribution is -0.141.